The number of rotatable bonds is 6. The minimum atomic E-state index is -0.00412. The van der Waals surface area contributed by atoms with Crippen LogP contribution in [0.4, 0.5) is 5.13 Å². The Labute approximate surface area is 123 Å². The summed E-state index contributed by atoms with van der Waals surface area (Å²) in [5, 5.41) is 5.55. The minimum absolute atomic E-state index is 0.00412. The van der Waals surface area contributed by atoms with E-state index in [9.17, 15) is 9.59 Å². The molecule has 1 aliphatic rings. The molecule has 0 saturated carbocycles. The van der Waals surface area contributed by atoms with E-state index < -0.39 is 0 Å². The SMILES string of the molecule is CCCC(C)NC(=O)Cc1csc(N2CCCC2=O)n1. The number of amides is 2. The molecular weight excluding hydrogens is 274 g/mol. The van der Waals surface area contributed by atoms with E-state index in [1.54, 1.807) is 4.90 Å². The Morgan fingerprint density at radius 3 is 3.05 bits per heavy atom. The van der Waals surface area contributed by atoms with Gasteiger partial charge < -0.3 is 5.32 Å². The van der Waals surface area contributed by atoms with E-state index in [4.69, 9.17) is 0 Å². The molecule has 5 nitrogen and oxygen atoms in total. The Hall–Kier alpha value is -1.43. The van der Waals surface area contributed by atoms with Crippen molar-refractivity contribution in [1.82, 2.24) is 10.3 Å². The normalized spacial score (nSPS) is 16.5. The Morgan fingerprint density at radius 1 is 1.60 bits per heavy atom. The van der Waals surface area contributed by atoms with Crippen molar-refractivity contribution in [3.63, 3.8) is 0 Å². The summed E-state index contributed by atoms with van der Waals surface area (Å²) >= 11 is 1.44. The van der Waals surface area contributed by atoms with E-state index in [1.165, 1.54) is 11.3 Å². The lowest BCUT2D eigenvalue weighted by molar-refractivity contribution is -0.121. The summed E-state index contributed by atoms with van der Waals surface area (Å²) in [4.78, 5) is 29.6. The molecule has 0 aliphatic carbocycles. The Kier molecular flexibility index (Phi) is 5.11. The van der Waals surface area contributed by atoms with Crippen molar-refractivity contribution >= 4 is 28.3 Å². The van der Waals surface area contributed by atoms with Crippen molar-refractivity contribution in [3.8, 4) is 0 Å². The zero-order valence-electron chi connectivity index (χ0n) is 12.0. The van der Waals surface area contributed by atoms with Crippen LogP contribution in [-0.2, 0) is 16.0 Å². The Balaban J connectivity index is 1.89. The van der Waals surface area contributed by atoms with Gasteiger partial charge >= 0.3 is 0 Å². The highest BCUT2D eigenvalue weighted by Gasteiger charge is 2.24. The molecule has 2 heterocycles. The number of thiazole rings is 1. The van der Waals surface area contributed by atoms with Gasteiger partial charge in [0, 0.05) is 24.4 Å². The van der Waals surface area contributed by atoms with E-state index in [0.29, 0.717) is 6.42 Å². The Bertz CT molecular complexity index is 487. The van der Waals surface area contributed by atoms with Crippen molar-refractivity contribution in [2.75, 3.05) is 11.4 Å². The third-order valence-corrected chi connectivity index (χ3v) is 4.23. The van der Waals surface area contributed by atoms with Crippen LogP contribution >= 0.6 is 11.3 Å². The van der Waals surface area contributed by atoms with Crippen molar-refractivity contribution < 1.29 is 9.59 Å². The van der Waals surface area contributed by atoms with Gasteiger partial charge in [-0.3, -0.25) is 14.5 Å². The lowest BCUT2D eigenvalue weighted by Crippen LogP contribution is -2.33. The number of nitrogens with one attached hydrogen (secondary N) is 1. The number of aromatic nitrogens is 1. The zero-order chi connectivity index (χ0) is 14.5. The molecule has 6 heteroatoms. The lowest BCUT2D eigenvalue weighted by atomic mass is 10.2. The molecule has 20 heavy (non-hydrogen) atoms. The first-order valence-corrected chi connectivity index (χ1v) is 8.02. The molecule has 1 aromatic rings. The van der Waals surface area contributed by atoms with Gasteiger partial charge in [-0.2, -0.15) is 0 Å². The number of carbonyl (C=O) groups excluding carboxylic acids is 2. The minimum Gasteiger partial charge on any atom is -0.353 e. The number of carbonyl (C=O) groups is 2. The summed E-state index contributed by atoms with van der Waals surface area (Å²) in [6.07, 6.45) is 3.81. The summed E-state index contributed by atoms with van der Waals surface area (Å²) in [6, 6.07) is 0.200. The summed E-state index contributed by atoms with van der Waals surface area (Å²) in [7, 11) is 0. The molecule has 110 valence electrons. The highest BCUT2D eigenvalue weighted by molar-refractivity contribution is 7.14. The summed E-state index contributed by atoms with van der Waals surface area (Å²) in [6.45, 7) is 4.85. The number of hydrogen-bond acceptors (Lipinski definition) is 4. The van der Waals surface area contributed by atoms with Gasteiger partial charge in [0.2, 0.25) is 11.8 Å². The molecule has 2 amide bonds. The predicted octanol–water partition coefficient (Wildman–Crippen LogP) is 2.12. The molecule has 0 spiro atoms. The highest BCUT2D eigenvalue weighted by Crippen LogP contribution is 2.25. The van der Waals surface area contributed by atoms with Gasteiger partial charge in [0.05, 0.1) is 12.1 Å². The molecule has 1 aliphatic heterocycles. The number of hydrogen-bond donors (Lipinski definition) is 1. The van der Waals surface area contributed by atoms with Crippen LogP contribution in [-0.4, -0.2) is 29.4 Å². The molecule has 1 fully saturated rings. The molecule has 1 saturated heterocycles. The van der Waals surface area contributed by atoms with Crippen LogP contribution < -0.4 is 10.2 Å². The zero-order valence-corrected chi connectivity index (χ0v) is 12.8. The van der Waals surface area contributed by atoms with E-state index in [0.717, 1.165) is 36.6 Å². The van der Waals surface area contributed by atoms with E-state index in [-0.39, 0.29) is 24.3 Å². The smallest absolute Gasteiger partial charge is 0.228 e. The average Bonchev–Trinajstić information content (AvgIpc) is 2.98. The maximum atomic E-state index is 11.9. The molecular formula is C14H21N3O2S. The first-order valence-electron chi connectivity index (χ1n) is 7.14. The predicted molar refractivity (Wildman–Crippen MR) is 79.9 cm³/mol. The van der Waals surface area contributed by atoms with Crippen LogP contribution in [0.1, 0.15) is 45.2 Å². The largest absolute Gasteiger partial charge is 0.353 e. The highest BCUT2D eigenvalue weighted by atomic mass is 32.1. The molecule has 2 rings (SSSR count). The molecule has 1 atom stereocenters. The summed E-state index contributed by atoms with van der Waals surface area (Å²) < 4.78 is 0. The van der Waals surface area contributed by atoms with E-state index in [2.05, 4.69) is 17.2 Å². The fourth-order valence-corrected chi connectivity index (χ4v) is 3.22. The molecule has 1 unspecified atom stereocenters. The average molecular weight is 295 g/mol. The quantitative estimate of drug-likeness (QED) is 0.874. The number of anilines is 1. The standard InChI is InChI=1S/C14H21N3O2S/c1-3-5-10(2)15-12(18)8-11-9-20-14(16-11)17-7-4-6-13(17)19/h9-10H,3-8H2,1-2H3,(H,15,18). The topological polar surface area (TPSA) is 62.3 Å². The van der Waals surface area contributed by atoms with Gasteiger partial charge in [-0.15, -0.1) is 11.3 Å². The second-order valence-corrected chi connectivity index (χ2v) is 6.04. The molecule has 0 radical (unpaired) electrons. The second kappa shape index (κ2) is 6.83. The fourth-order valence-electron chi connectivity index (χ4n) is 2.35. The van der Waals surface area contributed by atoms with Crippen LogP contribution in [0.3, 0.4) is 0 Å². The monoisotopic (exact) mass is 295 g/mol. The van der Waals surface area contributed by atoms with Crippen molar-refractivity contribution in [1.29, 1.82) is 0 Å². The third-order valence-electron chi connectivity index (χ3n) is 3.31. The summed E-state index contributed by atoms with van der Waals surface area (Å²) in [5.41, 5.74) is 0.742. The van der Waals surface area contributed by atoms with Crippen LogP contribution in [0.5, 0.6) is 0 Å². The van der Waals surface area contributed by atoms with Gasteiger partial charge in [-0.05, 0) is 19.8 Å². The maximum absolute atomic E-state index is 11.9. The van der Waals surface area contributed by atoms with Crippen LogP contribution in [0.2, 0.25) is 0 Å². The molecule has 1 N–H and O–H groups in total. The molecule has 0 bridgehead atoms. The fraction of sp³-hybridized carbons (Fsp3) is 0.643. The van der Waals surface area contributed by atoms with Gasteiger partial charge in [-0.1, -0.05) is 13.3 Å². The Morgan fingerprint density at radius 2 is 2.40 bits per heavy atom. The third kappa shape index (κ3) is 3.79. The van der Waals surface area contributed by atoms with Crippen molar-refractivity contribution in [3.05, 3.63) is 11.1 Å². The van der Waals surface area contributed by atoms with Crippen LogP contribution in [0, 0.1) is 0 Å². The van der Waals surface area contributed by atoms with E-state index >= 15 is 0 Å². The van der Waals surface area contributed by atoms with Gasteiger partial charge in [0.1, 0.15) is 0 Å². The van der Waals surface area contributed by atoms with Crippen molar-refractivity contribution in [2.45, 2.75) is 52.0 Å². The molecule has 1 aromatic heterocycles. The van der Waals surface area contributed by atoms with Gasteiger partial charge in [0.25, 0.3) is 0 Å². The van der Waals surface area contributed by atoms with Gasteiger partial charge in [-0.25, -0.2) is 4.98 Å². The maximum Gasteiger partial charge on any atom is 0.228 e. The first kappa shape index (κ1) is 15.0. The first-order chi connectivity index (χ1) is 9.60. The molecule has 0 aromatic carbocycles. The van der Waals surface area contributed by atoms with Crippen molar-refractivity contribution in [2.24, 2.45) is 0 Å². The second-order valence-electron chi connectivity index (χ2n) is 5.20. The van der Waals surface area contributed by atoms with E-state index in [1.807, 2.05) is 12.3 Å². The van der Waals surface area contributed by atoms with Crippen LogP contribution in [0.15, 0.2) is 5.38 Å². The van der Waals surface area contributed by atoms with Gasteiger partial charge in [0.15, 0.2) is 5.13 Å². The lowest BCUT2D eigenvalue weighted by Gasteiger charge is -2.12. The van der Waals surface area contributed by atoms with Crippen LogP contribution in [0.25, 0.3) is 0 Å². The summed E-state index contributed by atoms with van der Waals surface area (Å²) in [5.74, 6) is 0.127. The number of nitrogens with zero attached hydrogens (tertiary/aromatic N) is 2.